The normalized spacial score (nSPS) is 11.4. The molecule has 1 aromatic rings. The van der Waals surface area contributed by atoms with Crippen molar-refractivity contribution in [1.29, 1.82) is 0 Å². The summed E-state index contributed by atoms with van der Waals surface area (Å²) in [5.74, 6) is 6.54. The lowest BCUT2D eigenvalue weighted by molar-refractivity contribution is 0.370. The van der Waals surface area contributed by atoms with Gasteiger partial charge in [0.1, 0.15) is 12.4 Å². The van der Waals surface area contributed by atoms with E-state index in [2.05, 4.69) is 43.1 Å². The van der Waals surface area contributed by atoms with Gasteiger partial charge in [-0.15, -0.1) is 5.92 Å². The second-order valence-electron chi connectivity index (χ2n) is 3.56. The first-order valence-electron chi connectivity index (χ1n) is 5.63. The Balaban J connectivity index is 2.55. The van der Waals surface area contributed by atoms with Gasteiger partial charge in [0.25, 0.3) is 0 Å². The Morgan fingerprint density at radius 1 is 1.31 bits per heavy atom. The maximum atomic E-state index is 5.45. The molecule has 0 radical (unpaired) electrons. The molecule has 0 heterocycles. The summed E-state index contributed by atoms with van der Waals surface area (Å²) in [6.07, 6.45) is 0. The Labute approximate surface area is 98.0 Å². The van der Waals surface area contributed by atoms with Gasteiger partial charge >= 0.3 is 0 Å². The third kappa shape index (κ3) is 3.96. The van der Waals surface area contributed by atoms with Gasteiger partial charge in [0.2, 0.25) is 0 Å². The molecule has 1 N–H and O–H groups in total. The highest BCUT2D eigenvalue weighted by Crippen LogP contribution is 2.17. The first-order valence-corrected chi connectivity index (χ1v) is 5.63. The summed E-state index contributed by atoms with van der Waals surface area (Å²) >= 11 is 0. The summed E-state index contributed by atoms with van der Waals surface area (Å²) in [4.78, 5) is 0. The molecule has 0 aliphatic heterocycles. The Hall–Kier alpha value is -1.46. The van der Waals surface area contributed by atoms with Gasteiger partial charge in [-0.25, -0.2) is 0 Å². The average molecular weight is 217 g/mol. The van der Waals surface area contributed by atoms with E-state index in [1.54, 1.807) is 0 Å². The average Bonchev–Trinajstić information content (AvgIpc) is 2.30. The van der Waals surface area contributed by atoms with E-state index < -0.39 is 0 Å². The zero-order chi connectivity index (χ0) is 11.8. The monoisotopic (exact) mass is 217 g/mol. The van der Waals surface area contributed by atoms with E-state index in [0.29, 0.717) is 12.6 Å². The predicted octanol–water partition coefficient (Wildman–Crippen LogP) is 2.76. The van der Waals surface area contributed by atoms with Crippen molar-refractivity contribution in [1.82, 2.24) is 5.32 Å². The quantitative estimate of drug-likeness (QED) is 0.766. The third-order valence-corrected chi connectivity index (χ3v) is 2.38. The molecule has 0 aromatic heterocycles. The van der Waals surface area contributed by atoms with Gasteiger partial charge in [-0.05, 0) is 38.1 Å². The van der Waals surface area contributed by atoms with Gasteiger partial charge in [-0.1, -0.05) is 25.0 Å². The van der Waals surface area contributed by atoms with Gasteiger partial charge in [0, 0.05) is 6.04 Å². The van der Waals surface area contributed by atoms with E-state index in [-0.39, 0.29) is 0 Å². The van der Waals surface area contributed by atoms with Crippen LogP contribution in [-0.4, -0.2) is 13.2 Å². The van der Waals surface area contributed by atoms with Gasteiger partial charge in [-0.2, -0.15) is 0 Å². The number of ether oxygens (including phenoxy) is 1. The van der Waals surface area contributed by atoms with E-state index >= 15 is 0 Å². The molecule has 1 rings (SSSR count). The maximum absolute atomic E-state index is 5.45. The van der Waals surface area contributed by atoms with Gasteiger partial charge in [0.15, 0.2) is 0 Å². The molecule has 2 heteroatoms. The Bertz CT molecular complexity index is 359. The van der Waals surface area contributed by atoms with Crippen molar-refractivity contribution in [2.75, 3.05) is 13.2 Å². The fraction of sp³-hybridized carbons (Fsp3) is 0.429. The lowest BCUT2D eigenvalue weighted by atomic mass is 10.1. The van der Waals surface area contributed by atoms with E-state index in [1.165, 1.54) is 5.56 Å². The summed E-state index contributed by atoms with van der Waals surface area (Å²) in [7, 11) is 0. The number of hydrogen-bond donors (Lipinski definition) is 1. The standard InChI is InChI=1S/C14H19NO/c1-4-6-11-16-14-9-7-13(8-10-14)12(3)15-5-2/h7-10,12,15H,5,11H2,1-3H3. The smallest absolute Gasteiger partial charge is 0.149 e. The predicted molar refractivity (Wildman–Crippen MR) is 67.5 cm³/mol. The minimum Gasteiger partial charge on any atom is -0.481 e. The summed E-state index contributed by atoms with van der Waals surface area (Å²) in [5, 5.41) is 3.37. The Kier molecular flexibility index (Phi) is 5.45. The molecule has 0 saturated carbocycles. The molecule has 1 atom stereocenters. The first-order chi connectivity index (χ1) is 7.77. The molecule has 16 heavy (non-hydrogen) atoms. The van der Waals surface area contributed by atoms with E-state index in [1.807, 2.05) is 19.1 Å². The van der Waals surface area contributed by atoms with Crippen LogP contribution in [0.5, 0.6) is 5.75 Å². The second-order valence-corrected chi connectivity index (χ2v) is 3.56. The van der Waals surface area contributed by atoms with E-state index in [4.69, 9.17) is 4.74 Å². The lowest BCUT2D eigenvalue weighted by Gasteiger charge is -2.13. The van der Waals surface area contributed by atoms with Crippen molar-refractivity contribution < 1.29 is 4.74 Å². The fourth-order valence-corrected chi connectivity index (χ4v) is 1.47. The van der Waals surface area contributed by atoms with Crippen LogP contribution in [0.4, 0.5) is 0 Å². The zero-order valence-electron chi connectivity index (χ0n) is 10.2. The molecule has 0 spiro atoms. The van der Waals surface area contributed by atoms with Crippen molar-refractivity contribution in [2.24, 2.45) is 0 Å². The number of benzene rings is 1. The maximum Gasteiger partial charge on any atom is 0.149 e. The van der Waals surface area contributed by atoms with E-state index in [0.717, 1.165) is 12.3 Å². The van der Waals surface area contributed by atoms with Gasteiger partial charge in [-0.3, -0.25) is 0 Å². The summed E-state index contributed by atoms with van der Waals surface area (Å²) < 4.78 is 5.45. The Morgan fingerprint density at radius 2 is 2.00 bits per heavy atom. The minimum atomic E-state index is 0.384. The summed E-state index contributed by atoms with van der Waals surface area (Å²) in [6, 6.07) is 8.53. The van der Waals surface area contributed by atoms with E-state index in [9.17, 15) is 0 Å². The molecule has 0 saturated heterocycles. The molecule has 0 amide bonds. The topological polar surface area (TPSA) is 21.3 Å². The van der Waals surface area contributed by atoms with Crippen LogP contribution >= 0.6 is 0 Å². The second kappa shape index (κ2) is 6.92. The molecule has 0 fully saturated rings. The first kappa shape index (κ1) is 12.6. The van der Waals surface area contributed by atoms with Gasteiger partial charge < -0.3 is 10.1 Å². The van der Waals surface area contributed by atoms with Crippen LogP contribution in [0.3, 0.4) is 0 Å². The van der Waals surface area contributed by atoms with Crippen LogP contribution in [0.25, 0.3) is 0 Å². The highest BCUT2D eigenvalue weighted by molar-refractivity contribution is 5.29. The van der Waals surface area contributed by atoms with Crippen LogP contribution in [-0.2, 0) is 0 Å². The number of hydrogen-bond acceptors (Lipinski definition) is 2. The number of nitrogens with one attached hydrogen (secondary N) is 1. The third-order valence-electron chi connectivity index (χ3n) is 2.38. The SMILES string of the molecule is CC#CCOc1ccc(C(C)NCC)cc1. The molecule has 0 aliphatic carbocycles. The van der Waals surface area contributed by atoms with Crippen LogP contribution < -0.4 is 10.1 Å². The summed E-state index contributed by atoms with van der Waals surface area (Å²) in [5.41, 5.74) is 1.27. The van der Waals surface area contributed by atoms with Crippen LogP contribution in [0.1, 0.15) is 32.4 Å². The highest BCUT2D eigenvalue weighted by Gasteiger charge is 2.02. The molecular weight excluding hydrogens is 198 g/mol. The fourth-order valence-electron chi connectivity index (χ4n) is 1.47. The van der Waals surface area contributed by atoms with Gasteiger partial charge in [0.05, 0.1) is 0 Å². The Morgan fingerprint density at radius 3 is 2.56 bits per heavy atom. The molecule has 0 bridgehead atoms. The minimum absolute atomic E-state index is 0.384. The molecule has 1 aromatic carbocycles. The molecular formula is C14H19NO. The zero-order valence-corrected chi connectivity index (χ0v) is 10.2. The van der Waals surface area contributed by atoms with Crippen molar-refractivity contribution >= 4 is 0 Å². The lowest BCUT2D eigenvalue weighted by Crippen LogP contribution is -2.17. The van der Waals surface area contributed by atoms with Crippen LogP contribution in [0.15, 0.2) is 24.3 Å². The molecule has 2 nitrogen and oxygen atoms in total. The molecule has 1 unspecified atom stereocenters. The summed E-state index contributed by atoms with van der Waals surface area (Å²) in [6.45, 7) is 7.51. The van der Waals surface area contributed by atoms with Crippen molar-refractivity contribution in [3.05, 3.63) is 29.8 Å². The van der Waals surface area contributed by atoms with Crippen LogP contribution in [0.2, 0.25) is 0 Å². The largest absolute Gasteiger partial charge is 0.481 e. The number of rotatable bonds is 5. The molecule has 86 valence electrons. The van der Waals surface area contributed by atoms with Crippen molar-refractivity contribution in [3.63, 3.8) is 0 Å². The molecule has 0 aliphatic rings. The van der Waals surface area contributed by atoms with Crippen molar-refractivity contribution in [3.8, 4) is 17.6 Å². The highest BCUT2D eigenvalue weighted by atomic mass is 16.5. The van der Waals surface area contributed by atoms with Crippen molar-refractivity contribution in [2.45, 2.75) is 26.8 Å². The van der Waals surface area contributed by atoms with Crippen LogP contribution in [0, 0.1) is 11.8 Å².